The number of rotatable bonds is 10. The molecule has 0 bridgehead atoms. The number of carboxylic acids is 1. The number of nitrogens with one attached hydrogen (secondary N) is 1. The molecule has 1 aromatic rings. The minimum absolute atomic E-state index is 0.0989. The fraction of sp³-hybridized carbons (Fsp3) is 0.600. The molecule has 1 aliphatic carbocycles. The van der Waals surface area contributed by atoms with Gasteiger partial charge in [0, 0.05) is 24.3 Å². The number of hydrogen-bond donors (Lipinski definition) is 2. The van der Waals surface area contributed by atoms with Crippen molar-refractivity contribution in [2.24, 2.45) is 17.8 Å². The molecular formula is C25H37ClN2O3. The van der Waals surface area contributed by atoms with Crippen molar-refractivity contribution in [2.75, 3.05) is 13.1 Å². The maximum atomic E-state index is 12.4. The Morgan fingerprint density at radius 1 is 1.26 bits per heavy atom. The van der Waals surface area contributed by atoms with Crippen LogP contribution < -0.4 is 5.32 Å². The Bertz CT molecular complexity index is 798. The number of nitrogens with zero attached hydrogens (tertiary/aromatic N) is 1. The molecule has 6 heteroatoms. The molecule has 0 saturated heterocycles. The lowest BCUT2D eigenvalue weighted by Gasteiger charge is -2.39. The first-order valence-electron chi connectivity index (χ1n) is 11.4. The maximum Gasteiger partial charge on any atom is 0.321 e. The van der Waals surface area contributed by atoms with Gasteiger partial charge in [-0.2, -0.15) is 0 Å². The Kier molecular flexibility index (Phi) is 9.42. The lowest BCUT2D eigenvalue weighted by Crippen LogP contribution is -2.38. The normalized spacial score (nSPS) is 18.8. The van der Waals surface area contributed by atoms with E-state index in [1.54, 1.807) is 6.20 Å². The number of allylic oxidation sites excluding steroid dienone is 1. The second-order valence-corrected chi connectivity index (χ2v) is 9.64. The van der Waals surface area contributed by atoms with Gasteiger partial charge in [-0.15, -0.1) is 0 Å². The van der Waals surface area contributed by atoms with E-state index >= 15 is 0 Å². The number of urea groups is 1. The van der Waals surface area contributed by atoms with E-state index in [2.05, 4.69) is 45.1 Å². The molecule has 0 unspecified atom stereocenters. The minimum atomic E-state index is -0.924. The first-order valence-corrected chi connectivity index (χ1v) is 11.7. The number of carbonyl (C=O) groups is 2. The summed E-state index contributed by atoms with van der Waals surface area (Å²) in [6.07, 6.45) is 4.79. The van der Waals surface area contributed by atoms with E-state index in [0.717, 1.165) is 28.0 Å². The molecule has 31 heavy (non-hydrogen) atoms. The summed E-state index contributed by atoms with van der Waals surface area (Å²) in [6.45, 7) is 11.2. The zero-order valence-corrected chi connectivity index (χ0v) is 20.2. The highest BCUT2D eigenvalue weighted by Crippen LogP contribution is 2.47. The Hall–Kier alpha value is -2.01. The van der Waals surface area contributed by atoms with Gasteiger partial charge in [0.2, 0.25) is 0 Å². The monoisotopic (exact) mass is 448 g/mol. The molecule has 1 aromatic carbocycles. The number of carboxylic acid groups (broad SMARTS) is 1. The number of carbonyl (C=O) groups excluding carboxylic acids is 1. The van der Waals surface area contributed by atoms with E-state index in [9.17, 15) is 9.59 Å². The van der Waals surface area contributed by atoms with Crippen molar-refractivity contribution in [2.45, 2.75) is 66.2 Å². The summed E-state index contributed by atoms with van der Waals surface area (Å²) in [5, 5.41) is 12.6. The molecule has 1 fully saturated rings. The molecule has 0 spiro atoms. The van der Waals surface area contributed by atoms with Crippen LogP contribution in [0, 0.1) is 17.8 Å². The third-order valence-corrected chi connectivity index (χ3v) is 6.58. The van der Waals surface area contributed by atoms with Crippen LogP contribution in [0.1, 0.15) is 70.9 Å². The number of hydrogen-bond acceptors (Lipinski definition) is 2. The summed E-state index contributed by atoms with van der Waals surface area (Å²) >= 11 is 6.65. The second-order valence-electron chi connectivity index (χ2n) is 9.24. The fourth-order valence-corrected chi connectivity index (χ4v) is 4.36. The van der Waals surface area contributed by atoms with Gasteiger partial charge in [-0.25, -0.2) is 4.79 Å². The van der Waals surface area contributed by atoms with Crippen molar-refractivity contribution >= 4 is 23.6 Å². The topological polar surface area (TPSA) is 69.6 Å². The summed E-state index contributed by atoms with van der Waals surface area (Å²) in [5.41, 5.74) is 3.40. The average molecular weight is 449 g/mol. The highest BCUT2D eigenvalue weighted by molar-refractivity contribution is 6.31. The van der Waals surface area contributed by atoms with Crippen molar-refractivity contribution in [1.82, 2.24) is 10.2 Å². The van der Waals surface area contributed by atoms with E-state index in [-0.39, 0.29) is 24.9 Å². The lowest BCUT2D eigenvalue weighted by atomic mass is 9.67. The first kappa shape index (κ1) is 25.3. The van der Waals surface area contributed by atoms with Gasteiger partial charge < -0.3 is 15.3 Å². The van der Waals surface area contributed by atoms with Crippen LogP contribution in [0.3, 0.4) is 0 Å². The molecule has 0 heterocycles. The van der Waals surface area contributed by atoms with Crippen LogP contribution in [0.5, 0.6) is 0 Å². The molecule has 1 aliphatic rings. The molecule has 2 amide bonds. The Morgan fingerprint density at radius 2 is 1.94 bits per heavy atom. The van der Waals surface area contributed by atoms with E-state index in [4.69, 9.17) is 16.7 Å². The van der Waals surface area contributed by atoms with Crippen molar-refractivity contribution in [3.8, 4) is 0 Å². The predicted octanol–water partition coefficient (Wildman–Crippen LogP) is 6.08. The Morgan fingerprint density at radius 3 is 2.45 bits per heavy atom. The molecule has 5 nitrogen and oxygen atoms in total. The van der Waals surface area contributed by atoms with Crippen LogP contribution in [0.15, 0.2) is 30.0 Å². The van der Waals surface area contributed by atoms with Gasteiger partial charge in [-0.05, 0) is 72.6 Å². The van der Waals surface area contributed by atoms with E-state index < -0.39 is 5.97 Å². The van der Waals surface area contributed by atoms with E-state index in [1.165, 1.54) is 23.3 Å². The van der Waals surface area contributed by atoms with Gasteiger partial charge in [0.25, 0.3) is 0 Å². The molecule has 0 radical (unpaired) electrons. The third-order valence-electron chi connectivity index (χ3n) is 6.25. The minimum Gasteiger partial charge on any atom is -0.481 e. The van der Waals surface area contributed by atoms with Gasteiger partial charge in [0.1, 0.15) is 0 Å². The van der Waals surface area contributed by atoms with Crippen LogP contribution >= 0.6 is 11.6 Å². The summed E-state index contributed by atoms with van der Waals surface area (Å²) in [7, 11) is 0. The van der Waals surface area contributed by atoms with Gasteiger partial charge in [-0.1, -0.05) is 51.4 Å². The molecule has 1 saturated carbocycles. The summed E-state index contributed by atoms with van der Waals surface area (Å²) < 4.78 is 0. The number of benzene rings is 1. The summed E-state index contributed by atoms with van der Waals surface area (Å²) in [4.78, 5) is 24.9. The third kappa shape index (κ3) is 7.27. The van der Waals surface area contributed by atoms with Gasteiger partial charge in [0.15, 0.2) is 0 Å². The maximum absolute atomic E-state index is 12.4. The van der Waals surface area contributed by atoms with Crippen molar-refractivity contribution in [1.29, 1.82) is 0 Å². The first-order chi connectivity index (χ1) is 14.6. The second kappa shape index (κ2) is 11.6. The fourth-order valence-electron chi connectivity index (χ4n) is 4.00. The van der Waals surface area contributed by atoms with Gasteiger partial charge in [0.05, 0.1) is 6.42 Å². The van der Waals surface area contributed by atoms with Crippen molar-refractivity contribution in [3.63, 3.8) is 0 Å². The van der Waals surface area contributed by atoms with Crippen LogP contribution in [0.25, 0.3) is 0 Å². The quantitative estimate of drug-likeness (QED) is 0.455. The van der Waals surface area contributed by atoms with Crippen LogP contribution in [0.4, 0.5) is 4.79 Å². The van der Waals surface area contributed by atoms with Crippen molar-refractivity contribution < 1.29 is 14.7 Å². The molecule has 0 aliphatic heterocycles. The number of amides is 2. The van der Waals surface area contributed by atoms with E-state index in [1.807, 2.05) is 13.0 Å². The standard InChI is InChI=1S/C25H37ClN2O3/c1-6-27-25(31)28(10-9-24(29)30)15-21(17(4)5)11-18-7-8-22(23(26)12-18)20-13-19(14-20)16(2)3/h7-8,12,15-17,19-20H,6,9-11,13-14H2,1-5H3,(H,27,31)(H,29,30)/b21-15+. The molecule has 172 valence electrons. The Balaban J connectivity index is 2.16. The molecule has 2 rings (SSSR count). The Labute approximate surface area is 191 Å². The van der Waals surface area contributed by atoms with Gasteiger partial charge in [-0.3, -0.25) is 4.79 Å². The number of aliphatic carboxylic acids is 1. The van der Waals surface area contributed by atoms with Crippen molar-refractivity contribution in [3.05, 3.63) is 46.1 Å². The predicted molar refractivity (Wildman–Crippen MR) is 126 cm³/mol. The number of halogens is 1. The molecule has 0 atom stereocenters. The summed E-state index contributed by atoms with van der Waals surface area (Å²) in [6, 6.07) is 6.06. The van der Waals surface area contributed by atoms with Gasteiger partial charge >= 0.3 is 12.0 Å². The zero-order valence-electron chi connectivity index (χ0n) is 19.5. The van der Waals surface area contributed by atoms with Crippen LogP contribution in [0.2, 0.25) is 5.02 Å². The van der Waals surface area contributed by atoms with E-state index in [0.29, 0.717) is 18.9 Å². The highest BCUT2D eigenvalue weighted by Gasteiger charge is 2.33. The molecule has 2 N–H and O–H groups in total. The smallest absolute Gasteiger partial charge is 0.321 e. The molecular weight excluding hydrogens is 412 g/mol. The SMILES string of the molecule is CCNC(=O)N(/C=C(\Cc1ccc(C2CC(C(C)C)C2)c(Cl)c1)C(C)C)CCC(=O)O. The summed E-state index contributed by atoms with van der Waals surface area (Å²) in [5.74, 6) is 1.35. The lowest BCUT2D eigenvalue weighted by molar-refractivity contribution is -0.137. The van der Waals surface area contributed by atoms with Crippen LogP contribution in [-0.4, -0.2) is 35.1 Å². The molecule has 0 aromatic heterocycles. The average Bonchev–Trinajstić information content (AvgIpc) is 2.64. The van der Waals surface area contributed by atoms with Crippen LogP contribution in [-0.2, 0) is 11.2 Å². The zero-order chi connectivity index (χ0) is 23.1. The largest absolute Gasteiger partial charge is 0.481 e. The highest BCUT2D eigenvalue weighted by atomic mass is 35.5.